The normalized spacial score (nSPS) is 10.5. The lowest BCUT2D eigenvalue weighted by Gasteiger charge is -2.08. The van der Waals surface area contributed by atoms with E-state index < -0.39 is 0 Å². The van der Waals surface area contributed by atoms with Gasteiger partial charge in [-0.2, -0.15) is 0 Å². The van der Waals surface area contributed by atoms with Crippen LogP contribution in [0, 0.1) is 0 Å². The predicted octanol–water partition coefficient (Wildman–Crippen LogP) is 5.01. The third-order valence-electron chi connectivity index (χ3n) is 3.53. The van der Waals surface area contributed by atoms with Crippen LogP contribution in [-0.2, 0) is 0 Å². The first kappa shape index (κ1) is 14.5. The third kappa shape index (κ3) is 3.16. The molecular weight excluding hydrogens is 316 g/mol. The first-order chi connectivity index (χ1) is 11.9. The van der Waals surface area contributed by atoms with Crippen molar-refractivity contribution in [3.63, 3.8) is 0 Å². The zero-order valence-corrected chi connectivity index (χ0v) is 13.6. The van der Waals surface area contributed by atoms with Crippen LogP contribution >= 0.6 is 11.3 Å². The fourth-order valence-corrected chi connectivity index (χ4v) is 3.03. The second kappa shape index (κ2) is 6.60. The SMILES string of the molecule is c1ccc(-c2cccc(Nc3nccc(-c4nccs4)n3)c2)cc1. The highest BCUT2D eigenvalue weighted by Crippen LogP contribution is 2.25. The minimum Gasteiger partial charge on any atom is -0.324 e. The smallest absolute Gasteiger partial charge is 0.227 e. The molecule has 2 heterocycles. The fourth-order valence-electron chi connectivity index (χ4n) is 2.42. The van der Waals surface area contributed by atoms with Gasteiger partial charge >= 0.3 is 0 Å². The van der Waals surface area contributed by atoms with E-state index in [2.05, 4.69) is 44.5 Å². The Morgan fingerprint density at radius 3 is 2.50 bits per heavy atom. The van der Waals surface area contributed by atoms with Crippen LogP contribution < -0.4 is 5.32 Å². The van der Waals surface area contributed by atoms with Gasteiger partial charge in [0.15, 0.2) is 0 Å². The molecule has 4 nitrogen and oxygen atoms in total. The maximum absolute atomic E-state index is 4.54. The summed E-state index contributed by atoms with van der Waals surface area (Å²) in [4.78, 5) is 13.1. The molecule has 0 saturated carbocycles. The minimum absolute atomic E-state index is 0.563. The van der Waals surface area contributed by atoms with E-state index in [1.807, 2.05) is 41.8 Å². The van der Waals surface area contributed by atoms with E-state index in [0.717, 1.165) is 22.0 Å². The van der Waals surface area contributed by atoms with Crippen molar-refractivity contribution in [1.29, 1.82) is 0 Å². The lowest BCUT2D eigenvalue weighted by molar-refractivity contribution is 1.16. The van der Waals surface area contributed by atoms with Crippen LogP contribution in [-0.4, -0.2) is 15.0 Å². The molecule has 116 valence electrons. The molecule has 0 aliphatic rings. The standard InChI is InChI=1S/C19H14N4S/c1-2-5-14(6-3-1)15-7-4-8-16(13-15)22-19-21-10-9-17(23-19)18-20-11-12-24-18/h1-13H,(H,21,22,23). The van der Waals surface area contributed by atoms with E-state index in [0.29, 0.717) is 5.95 Å². The molecule has 0 aliphatic heterocycles. The zero-order chi connectivity index (χ0) is 16.2. The van der Waals surface area contributed by atoms with E-state index in [1.54, 1.807) is 23.7 Å². The summed E-state index contributed by atoms with van der Waals surface area (Å²) < 4.78 is 0. The maximum atomic E-state index is 4.54. The average molecular weight is 330 g/mol. The lowest BCUT2D eigenvalue weighted by Crippen LogP contribution is -1.97. The second-order valence-corrected chi connectivity index (χ2v) is 6.07. The number of anilines is 2. The first-order valence-corrected chi connectivity index (χ1v) is 8.42. The molecule has 0 amide bonds. The molecule has 0 fully saturated rings. The van der Waals surface area contributed by atoms with Gasteiger partial charge in [-0.1, -0.05) is 42.5 Å². The molecule has 4 rings (SSSR count). The quantitative estimate of drug-likeness (QED) is 0.571. The molecule has 0 unspecified atom stereocenters. The number of rotatable bonds is 4. The van der Waals surface area contributed by atoms with E-state index in [1.165, 1.54) is 5.56 Å². The average Bonchev–Trinajstić information content (AvgIpc) is 3.18. The number of thiazole rings is 1. The molecule has 2 aromatic heterocycles. The van der Waals surface area contributed by atoms with Gasteiger partial charge in [0.05, 0.1) is 0 Å². The topological polar surface area (TPSA) is 50.7 Å². The van der Waals surface area contributed by atoms with Crippen molar-refractivity contribution >= 4 is 23.0 Å². The molecule has 0 atom stereocenters. The summed E-state index contributed by atoms with van der Waals surface area (Å²) in [7, 11) is 0. The van der Waals surface area contributed by atoms with Gasteiger partial charge in [0.1, 0.15) is 10.7 Å². The van der Waals surface area contributed by atoms with Crippen LogP contribution in [0.25, 0.3) is 21.8 Å². The molecular formula is C19H14N4S. The van der Waals surface area contributed by atoms with Crippen molar-refractivity contribution in [2.45, 2.75) is 0 Å². The van der Waals surface area contributed by atoms with E-state index in [9.17, 15) is 0 Å². The highest BCUT2D eigenvalue weighted by atomic mass is 32.1. The van der Waals surface area contributed by atoms with Crippen molar-refractivity contribution in [1.82, 2.24) is 15.0 Å². The third-order valence-corrected chi connectivity index (χ3v) is 4.33. The van der Waals surface area contributed by atoms with Gasteiger partial charge < -0.3 is 5.32 Å². The van der Waals surface area contributed by atoms with E-state index >= 15 is 0 Å². The summed E-state index contributed by atoms with van der Waals surface area (Å²) in [6, 6.07) is 20.4. The van der Waals surface area contributed by atoms with Crippen LogP contribution in [0.1, 0.15) is 0 Å². The first-order valence-electron chi connectivity index (χ1n) is 7.54. The van der Waals surface area contributed by atoms with Gasteiger partial charge in [-0.25, -0.2) is 15.0 Å². The summed E-state index contributed by atoms with van der Waals surface area (Å²) >= 11 is 1.56. The molecule has 24 heavy (non-hydrogen) atoms. The van der Waals surface area contributed by atoms with Gasteiger partial charge in [0, 0.05) is 23.5 Å². The molecule has 0 spiro atoms. The van der Waals surface area contributed by atoms with E-state index in [4.69, 9.17) is 0 Å². The summed E-state index contributed by atoms with van der Waals surface area (Å²) in [5.41, 5.74) is 4.10. The van der Waals surface area contributed by atoms with Crippen molar-refractivity contribution in [3.05, 3.63) is 78.4 Å². The molecule has 2 aromatic carbocycles. The van der Waals surface area contributed by atoms with Gasteiger partial charge in [-0.3, -0.25) is 0 Å². The largest absolute Gasteiger partial charge is 0.324 e. The summed E-state index contributed by atoms with van der Waals surface area (Å²) in [5, 5.41) is 6.10. The van der Waals surface area contributed by atoms with Crippen molar-refractivity contribution in [3.8, 4) is 21.8 Å². The van der Waals surface area contributed by atoms with E-state index in [-0.39, 0.29) is 0 Å². The molecule has 0 aliphatic carbocycles. The number of benzene rings is 2. The molecule has 5 heteroatoms. The molecule has 0 saturated heterocycles. The summed E-state index contributed by atoms with van der Waals surface area (Å²) in [6.45, 7) is 0. The Labute approximate surface area is 143 Å². The predicted molar refractivity (Wildman–Crippen MR) is 98.3 cm³/mol. The Balaban J connectivity index is 1.61. The summed E-state index contributed by atoms with van der Waals surface area (Å²) in [5.74, 6) is 0.563. The molecule has 1 N–H and O–H groups in total. The Morgan fingerprint density at radius 1 is 0.792 bits per heavy atom. The lowest BCUT2D eigenvalue weighted by atomic mass is 10.1. The van der Waals surface area contributed by atoms with Gasteiger partial charge in [-0.05, 0) is 29.3 Å². The van der Waals surface area contributed by atoms with Crippen LogP contribution in [0.4, 0.5) is 11.6 Å². The van der Waals surface area contributed by atoms with Gasteiger partial charge in [0.2, 0.25) is 5.95 Å². The monoisotopic (exact) mass is 330 g/mol. The van der Waals surface area contributed by atoms with Gasteiger partial charge in [-0.15, -0.1) is 11.3 Å². The number of hydrogen-bond acceptors (Lipinski definition) is 5. The van der Waals surface area contributed by atoms with Crippen LogP contribution in [0.15, 0.2) is 78.4 Å². The Morgan fingerprint density at radius 2 is 1.67 bits per heavy atom. The van der Waals surface area contributed by atoms with Crippen molar-refractivity contribution < 1.29 is 0 Å². The highest BCUT2D eigenvalue weighted by molar-refractivity contribution is 7.13. The summed E-state index contributed by atoms with van der Waals surface area (Å²) in [6.07, 6.45) is 3.52. The molecule has 0 bridgehead atoms. The fraction of sp³-hybridized carbons (Fsp3) is 0. The number of aromatic nitrogens is 3. The van der Waals surface area contributed by atoms with Crippen LogP contribution in [0.3, 0.4) is 0 Å². The number of hydrogen-bond donors (Lipinski definition) is 1. The van der Waals surface area contributed by atoms with Gasteiger partial charge in [0.25, 0.3) is 0 Å². The Hall–Kier alpha value is -3.05. The molecule has 4 aromatic rings. The maximum Gasteiger partial charge on any atom is 0.227 e. The van der Waals surface area contributed by atoms with Crippen LogP contribution in [0.5, 0.6) is 0 Å². The highest BCUT2D eigenvalue weighted by Gasteiger charge is 2.05. The second-order valence-electron chi connectivity index (χ2n) is 5.17. The van der Waals surface area contributed by atoms with Crippen LogP contribution in [0.2, 0.25) is 0 Å². The minimum atomic E-state index is 0.563. The Kier molecular flexibility index (Phi) is 4.00. The Bertz CT molecular complexity index is 937. The van der Waals surface area contributed by atoms with Crippen molar-refractivity contribution in [2.24, 2.45) is 0 Å². The zero-order valence-electron chi connectivity index (χ0n) is 12.8. The van der Waals surface area contributed by atoms with Crippen molar-refractivity contribution in [2.75, 3.05) is 5.32 Å². The molecule has 0 radical (unpaired) electrons. The number of nitrogens with one attached hydrogen (secondary N) is 1. The number of nitrogens with zero attached hydrogens (tertiary/aromatic N) is 3.